The molecule has 1 N–H and O–H groups in total. The fraction of sp³-hybridized carbons (Fsp3) is 0.385. The Kier molecular flexibility index (Phi) is 4.27. The molecule has 2 aromatic heterocycles. The van der Waals surface area contributed by atoms with Gasteiger partial charge in [0.25, 0.3) is 0 Å². The Hall–Kier alpha value is -1.68. The molecule has 1 unspecified atom stereocenters. The van der Waals surface area contributed by atoms with Crippen LogP contribution >= 0.6 is 0 Å². The van der Waals surface area contributed by atoms with Crippen LogP contribution < -0.4 is 5.32 Å². The molecule has 0 bridgehead atoms. The highest BCUT2D eigenvalue weighted by atomic mass is 15.3. The van der Waals surface area contributed by atoms with Crippen LogP contribution in [0.5, 0.6) is 0 Å². The Balaban J connectivity index is 1.68. The van der Waals surface area contributed by atoms with Crippen LogP contribution in [0, 0.1) is 0 Å². The van der Waals surface area contributed by atoms with Crippen molar-refractivity contribution < 1.29 is 0 Å². The third kappa shape index (κ3) is 3.67. The van der Waals surface area contributed by atoms with Crippen LogP contribution in [-0.4, -0.2) is 21.3 Å². The van der Waals surface area contributed by atoms with Crippen molar-refractivity contribution >= 4 is 0 Å². The standard InChI is InChI=1S/C13H18N4/c1-12(13-4-8-14-9-5-13)15-6-2-10-17-11-3-7-16-17/h3-5,7-9,11-12,15H,2,6,10H2,1H3. The first kappa shape index (κ1) is 11.8. The lowest BCUT2D eigenvalue weighted by molar-refractivity contribution is 0.507. The maximum Gasteiger partial charge on any atom is 0.0489 e. The molecule has 17 heavy (non-hydrogen) atoms. The van der Waals surface area contributed by atoms with Gasteiger partial charge in [0.05, 0.1) is 0 Å². The van der Waals surface area contributed by atoms with Gasteiger partial charge < -0.3 is 5.32 Å². The maximum absolute atomic E-state index is 4.17. The largest absolute Gasteiger partial charge is 0.310 e. The molecule has 0 spiro atoms. The van der Waals surface area contributed by atoms with E-state index in [0.29, 0.717) is 6.04 Å². The van der Waals surface area contributed by atoms with E-state index in [0.717, 1.165) is 19.5 Å². The van der Waals surface area contributed by atoms with Crippen molar-refractivity contribution in [1.82, 2.24) is 20.1 Å². The zero-order valence-electron chi connectivity index (χ0n) is 10.1. The average Bonchev–Trinajstić information content (AvgIpc) is 2.88. The van der Waals surface area contributed by atoms with Crippen molar-refractivity contribution in [2.24, 2.45) is 0 Å². The van der Waals surface area contributed by atoms with Crippen LogP contribution in [0.25, 0.3) is 0 Å². The van der Waals surface area contributed by atoms with Gasteiger partial charge in [-0.15, -0.1) is 0 Å². The monoisotopic (exact) mass is 230 g/mol. The fourth-order valence-electron chi connectivity index (χ4n) is 1.76. The summed E-state index contributed by atoms with van der Waals surface area (Å²) < 4.78 is 1.96. The zero-order chi connectivity index (χ0) is 11.9. The SMILES string of the molecule is CC(NCCCn1cccn1)c1ccncc1. The van der Waals surface area contributed by atoms with Gasteiger partial charge in [0, 0.05) is 37.4 Å². The summed E-state index contributed by atoms with van der Waals surface area (Å²) in [5, 5.41) is 7.66. The molecular weight excluding hydrogens is 212 g/mol. The summed E-state index contributed by atoms with van der Waals surface area (Å²) in [6, 6.07) is 6.42. The quantitative estimate of drug-likeness (QED) is 0.772. The fourth-order valence-corrected chi connectivity index (χ4v) is 1.76. The van der Waals surface area contributed by atoms with Crippen LogP contribution in [0.15, 0.2) is 43.0 Å². The second kappa shape index (κ2) is 6.15. The van der Waals surface area contributed by atoms with Gasteiger partial charge in [-0.25, -0.2) is 0 Å². The lowest BCUT2D eigenvalue weighted by Gasteiger charge is -2.13. The Morgan fingerprint density at radius 3 is 2.82 bits per heavy atom. The molecule has 0 radical (unpaired) electrons. The molecular formula is C13H18N4. The molecule has 0 aliphatic carbocycles. The van der Waals surface area contributed by atoms with Gasteiger partial charge in [-0.05, 0) is 43.7 Å². The predicted molar refractivity (Wildman–Crippen MR) is 67.5 cm³/mol. The van der Waals surface area contributed by atoms with Crippen LogP contribution in [0.4, 0.5) is 0 Å². The van der Waals surface area contributed by atoms with Gasteiger partial charge in [-0.1, -0.05) is 0 Å². The van der Waals surface area contributed by atoms with Crippen molar-refractivity contribution in [2.75, 3.05) is 6.54 Å². The van der Waals surface area contributed by atoms with E-state index in [1.54, 1.807) is 0 Å². The van der Waals surface area contributed by atoms with Crippen molar-refractivity contribution in [3.63, 3.8) is 0 Å². The molecule has 90 valence electrons. The molecule has 0 aromatic carbocycles. The second-order valence-electron chi connectivity index (χ2n) is 4.08. The summed E-state index contributed by atoms with van der Waals surface area (Å²) in [5.74, 6) is 0. The second-order valence-corrected chi connectivity index (χ2v) is 4.08. The molecule has 0 aliphatic rings. The predicted octanol–water partition coefficient (Wildman–Crippen LogP) is 2.02. The van der Waals surface area contributed by atoms with Crippen LogP contribution in [0.2, 0.25) is 0 Å². The normalized spacial score (nSPS) is 12.5. The minimum Gasteiger partial charge on any atom is -0.310 e. The summed E-state index contributed by atoms with van der Waals surface area (Å²) in [5.41, 5.74) is 1.28. The first-order valence-electron chi connectivity index (χ1n) is 5.97. The van der Waals surface area contributed by atoms with E-state index < -0.39 is 0 Å². The number of pyridine rings is 1. The highest BCUT2D eigenvalue weighted by molar-refractivity contribution is 5.13. The average molecular weight is 230 g/mol. The molecule has 4 heteroatoms. The molecule has 0 fully saturated rings. The van der Waals surface area contributed by atoms with Crippen molar-refractivity contribution in [2.45, 2.75) is 25.9 Å². The molecule has 2 aromatic rings. The van der Waals surface area contributed by atoms with Gasteiger partial charge in [-0.3, -0.25) is 9.67 Å². The highest BCUT2D eigenvalue weighted by Crippen LogP contribution is 2.09. The third-order valence-corrected chi connectivity index (χ3v) is 2.78. The van der Waals surface area contributed by atoms with E-state index >= 15 is 0 Å². The maximum atomic E-state index is 4.17. The first-order chi connectivity index (χ1) is 8.36. The Labute approximate surface area is 102 Å². The topological polar surface area (TPSA) is 42.7 Å². The Morgan fingerprint density at radius 1 is 1.29 bits per heavy atom. The summed E-state index contributed by atoms with van der Waals surface area (Å²) >= 11 is 0. The number of aryl methyl sites for hydroxylation is 1. The van der Waals surface area contributed by atoms with Crippen molar-refractivity contribution in [3.8, 4) is 0 Å². The van der Waals surface area contributed by atoms with Crippen LogP contribution in [-0.2, 0) is 6.54 Å². The number of aromatic nitrogens is 3. The molecule has 4 nitrogen and oxygen atoms in total. The molecule has 0 aliphatic heterocycles. The third-order valence-electron chi connectivity index (χ3n) is 2.78. The summed E-state index contributed by atoms with van der Waals surface area (Å²) in [6.07, 6.45) is 8.55. The molecule has 0 saturated heterocycles. The molecule has 0 saturated carbocycles. The van der Waals surface area contributed by atoms with Crippen LogP contribution in [0.1, 0.15) is 24.9 Å². The minimum absolute atomic E-state index is 0.371. The first-order valence-corrected chi connectivity index (χ1v) is 5.97. The number of nitrogens with one attached hydrogen (secondary N) is 1. The van der Waals surface area contributed by atoms with E-state index in [4.69, 9.17) is 0 Å². The van der Waals surface area contributed by atoms with E-state index in [9.17, 15) is 0 Å². The number of nitrogens with zero attached hydrogens (tertiary/aromatic N) is 3. The van der Waals surface area contributed by atoms with Crippen LogP contribution in [0.3, 0.4) is 0 Å². The Morgan fingerprint density at radius 2 is 2.12 bits per heavy atom. The minimum atomic E-state index is 0.371. The van der Waals surface area contributed by atoms with E-state index in [1.165, 1.54) is 5.56 Å². The number of hydrogen-bond donors (Lipinski definition) is 1. The van der Waals surface area contributed by atoms with E-state index in [1.807, 2.05) is 47.7 Å². The highest BCUT2D eigenvalue weighted by Gasteiger charge is 2.02. The van der Waals surface area contributed by atoms with Gasteiger partial charge in [0.2, 0.25) is 0 Å². The van der Waals surface area contributed by atoms with E-state index in [2.05, 4.69) is 22.3 Å². The molecule has 2 rings (SSSR count). The summed E-state index contributed by atoms with van der Waals surface area (Å²) in [6.45, 7) is 4.12. The number of rotatable bonds is 6. The molecule has 1 atom stereocenters. The Bertz CT molecular complexity index is 410. The molecule has 2 heterocycles. The van der Waals surface area contributed by atoms with Crippen molar-refractivity contribution in [1.29, 1.82) is 0 Å². The smallest absolute Gasteiger partial charge is 0.0489 e. The summed E-state index contributed by atoms with van der Waals surface area (Å²) in [4.78, 5) is 4.02. The van der Waals surface area contributed by atoms with E-state index in [-0.39, 0.29) is 0 Å². The van der Waals surface area contributed by atoms with Gasteiger partial charge in [-0.2, -0.15) is 5.10 Å². The van der Waals surface area contributed by atoms with Crippen molar-refractivity contribution in [3.05, 3.63) is 48.5 Å². The number of hydrogen-bond acceptors (Lipinski definition) is 3. The van der Waals surface area contributed by atoms with Gasteiger partial charge >= 0.3 is 0 Å². The summed E-state index contributed by atoms with van der Waals surface area (Å²) in [7, 11) is 0. The molecule has 0 amide bonds. The van der Waals surface area contributed by atoms with Gasteiger partial charge in [0.1, 0.15) is 0 Å². The van der Waals surface area contributed by atoms with Gasteiger partial charge in [0.15, 0.2) is 0 Å². The lowest BCUT2D eigenvalue weighted by atomic mass is 10.1. The lowest BCUT2D eigenvalue weighted by Crippen LogP contribution is -2.21. The zero-order valence-corrected chi connectivity index (χ0v) is 10.1.